The number of piperidine rings is 1. The number of aromatic nitrogens is 1. The maximum Gasteiger partial charge on any atom is 0.337 e. The molecule has 0 radical (unpaired) electrons. The van der Waals surface area contributed by atoms with Gasteiger partial charge in [0.25, 0.3) is 0 Å². The van der Waals surface area contributed by atoms with Gasteiger partial charge in [0.05, 0.1) is 5.56 Å². The molecule has 1 saturated carbocycles. The minimum Gasteiger partial charge on any atom is -0.478 e. The number of carboxylic acids is 1. The first-order chi connectivity index (χ1) is 13.2. The Morgan fingerprint density at radius 3 is 2.52 bits per heavy atom. The number of benzene rings is 1. The van der Waals surface area contributed by atoms with Gasteiger partial charge in [0.15, 0.2) is 0 Å². The van der Waals surface area contributed by atoms with Crippen LogP contribution in [-0.2, 0) is 0 Å². The Morgan fingerprint density at radius 1 is 1.07 bits per heavy atom. The second-order valence-corrected chi connectivity index (χ2v) is 8.08. The first-order valence-electron chi connectivity index (χ1n) is 10.2. The molecule has 4 heteroatoms. The first kappa shape index (κ1) is 18.0. The molecule has 1 aliphatic heterocycles. The number of hydrogen-bond acceptors (Lipinski definition) is 3. The highest BCUT2D eigenvalue weighted by Crippen LogP contribution is 2.50. The van der Waals surface area contributed by atoms with Crippen LogP contribution in [0.2, 0.25) is 0 Å². The molecule has 2 aliphatic rings. The number of hydrogen-bond donors (Lipinski definition) is 1. The standard InChI is InChI=1S/C23H28N2O2/c26-23(27)20-9-10-22(24-16-20)25-13-11-17(12-14-25)5-4-8-19-15-21(19)18-6-2-1-3-7-18/h1-3,6-7,9-10,16-17,19,21H,4-5,8,11-15H2,(H,26,27)/t19-,21+/m1/s1. The normalized spacial score (nSPS) is 22.6. The molecule has 1 saturated heterocycles. The Bertz CT molecular complexity index is 752. The van der Waals surface area contributed by atoms with E-state index in [0.717, 1.165) is 36.7 Å². The number of pyridine rings is 1. The van der Waals surface area contributed by atoms with Gasteiger partial charge < -0.3 is 10.0 Å². The lowest BCUT2D eigenvalue weighted by molar-refractivity contribution is 0.0696. The Morgan fingerprint density at radius 2 is 1.85 bits per heavy atom. The molecule has 2 fully saturated rings. The smallest absolute Gasteiger partial charge is 0.337 e. The molecule has 2 heterocycles. The summed E-state index contributed by atoms with van der Waals surface area (Å²) in [6.07, 6.45) is 9.34. The fraction of sp³-hybridized carbons (Fsp3) is 0.478. The van der Waals surface area contributed by atoms with Crippen LogP contribution in [0.5, 0.6) is 0 Å². The summed E-state index contributed by atoms with van der Waals surface area (Å²) < 4.78 is 0. The van der Waals surface area contributed by atoms with Crippen LogP contribution in [0.4, 0.5) is 5.82 Å². The molecule has 0 spiro atoms. The Kier molecular flexibility index (Phi) is 5.42. The summed E-state index contributed by atoms with van der Waals surface area (Å²) in [4.78, 5) is 17.5. The molecular formula is C23H28N2O2. The van der Waals surface area contributed by atoms with Crippen LogP contribution in [0.1, 0.15) is 60.4 Å². The second kappa shape index (κ2) is 8.12. The molecule has 1 aromatic carbocycles. The molecule has 4 rings (SSSR count). The van der Waals surface area contributed by atoms with E-state index in [-0.39, 0.29) is 5.56 Å². The van der Waals surface area contributed by atoms with Crippen molar-refractivity contribution >= 4 is 11.8 Å². The van der Waals surface area contributed by atoms with Gasteiger partial charge in [0, 0.05) is 19.3 Å². The molecule has 1 N–H and O–H groups in total. The number of carbonyl (C=O) groups is 1. The number of rotatable bonds is 7. The zero-order valence-corrected chi connectivity index (χ0v) is 15.8. The summed E-state index contributed by atoms with van der Waals surface area (Å²) in [5.41, 5.74) is 1.78. The summed E-state index contributed by atoms with van der Waals surface area (Å²) in [5, 5.41) is 8.97. The third-order valence-electron chi connectivity index (χ3n) is 6.27. The molecule has 0 unspecified atom stereocenters. The number of carboxylic acid groups (broad SMARTS) is 1. The number of nitrogens with zero attached hydrogens (tertiary/aromatic N) is 2. The van der Waals surface area contributed by atoms with E-state index in [4.69, 9.17) is 5.11 Å². The van der Waals surface area contributed by atoms with E-state index in [2.05, 4.69) is 40.2 Å². The third kappa shape index (κ3) is 4.49. The van der Waals surface area contributed by atoms with Crippen LogP contribution in [-0.4, -0.2) is 29.1 Å². The van der Waals surface area contributed by atoms with E-state index < -0.39 is 5.97 Å². The lowest BCUT2D eigenvalue weighted by atomic mass is 9.91. The van der Waals surface area contributed by atoms with E-state index in [9.17, 15) is 4.79 Å². The first-order valence-corrected chi connectivity index (χ1v) is 10.2. The molecule has 2 atom stereocenters. The van der Waals surface area contributed by atoms with Gasteiger partial charge in [-0.15, -0.1) is 0 Å². The monoisotopic (exact) mass is 364 g/mol. The maximum atomic E-state index is 10.9. The van der Waals surface area contributed by atoms with Gasteiger partial charge in [-0.25, -0.2) is 9.78 Å². The molecule has 0 amide bonds. The molecular weight excluding hydrogens is 336 g/mol. The largest absolute Gasteiger partial charge is 0.478 e. The third-order valence-corrected chi connectivity index (χ3v) is 6.27. The van der Waals surface area contributed by atoms with Crippen LogP contribution < -0.4 is 4.90 Å². The van der Waals surface area contributed by atoms with Crippen molar-refractivity contribution in [2.75, 3.05) is 18.0 Å². The lowest BCUT2D eigenvalue weighted by Crippen LogP contribution is -2.34. The zero-order chi connectivity index (χ0) is 18.6. The average molecular weight is 364 g/mol. The Labute approximate surface area is 161 Å². The van der Waals surface area contributed by atoms with Crippen LogP contribution in [0.3, 0.4) is 0 Å². The maximum absolute atomic E-state index is 10.9. The van der Waals surface area contributed by atoms with Crippen molar-refractivity contribution in [2.45, 2.75) is 44.4 Å². The van der Waals surface area contributed by atoms with E-state index in [1.165, 1.54) is 50.3 Å². The van der Waals surface area contributed by atoms with Gasteiger partial charge in [-0.2, -0.15) is 0 Å². The minimum absolute atomic E-state index is 0.252. The van der Waals surface area contributed by atoms with Crippen LogP contribution in [0.15, 0.2) is 48.7 Å². The van der Waals surface area contributed by atoms with Crippen LogP contribution in [0.25, 0.3) is 0 Å². The fourth-order valence-electron chi connectivity index (χ4n) is 4.49. The van der Waals surface area contributed by atoms with E-state index in [1.54, 1.807) is 6.07 Å². The molecule has 27 heavy (non-hydrogen) atoms. The SMILES string of the molecule is O=C(O)c1ccc(N2CCC(CCC[C@@H]3C[C@H]3c3ccccc3)CC2)nc1. The predicted octanol–water partition coefficient (Wildman–Crippen LogP) is 4.97. The summed E-state index contributed by atoms with van der Waals surface area (Å²) in [5.74, 6) is 2.53. The molecule has 4 nitrogen and oxygen atoms in total. The van der Waals surface area contributed by atoms with E-state index in [1.807, 2.05) is 6.07 Å². The quantitative estimate of drug-likeness (QED) is 0.753. The van der Waals surface area contributed by atoms with Gasteiger partial charge in [0.2, 0.25) is 0 Å². The lowest BCUT2D eigenvalue weighted by Gasteiger charge is -2.32. The molecule has 1 aromatic heterocycles. The highest BCUT2D eigenvalue weighted by Gasteiger charge is 2.37. The molecule has 142 valence electrons. The highest BCUT2D eigenvalue weighted by molar-refractivity contribution is 5.87. The Balaban J connectivity index is 1.16. The minimum atomic E-state index is -0.919. The highest BCUT2D eigenvalue weighted by atomic mass is 16.4. The summed E-state index contributed by atoms with van der Waals surface area (Å²) >= 11 is 0. The fourth-order valence-corrected chi connectivity index (χ4v) is 4.49. The second-order valence-electron chi connectivity index (χ2n) is 8.08. The zero-order valence-electron chi connectivity index (χ0n) is 15.8. The van der Waals surface area contributed by atoms with Crippen LogP contribution >= 0.6 is 0 Å². The summed E-state index contributed by atoms with van der Waals surface area (Å²) in [6.45, 7) is 2.06. The molecule has 0 bridgehead atoms. The van der Waals surface area contributed by atoms with Gasteiger partial charge in [-0.05, 0) is 61.1 Å². The van der Waals surface area contributed by atoms with Crippen molar-refractivity contribution in [1.29, 1.82) is 0 Å². The van der Waals surface area contributed by atoms with E-state index in [0.29, 0.717) is 0 Å². The van der Waals surface area contributed by atoms with Gasteiger partial charge in [0.1, 0.15) is 5.82 Å². The van der Waals surface area contributed by atoms with Gasteiger partial charge in [-0.1, -0.05) is 43.2 Å². The van der Waals surface area contributed by atoms with Gasteiger partial charge >= 0.3 is 5.97 Å². The predicted molar refractivity (Wildman–Crippen MR) is 107 cm³/mol. The average Bonchev–Trinajstić information content (AvgIpc) is 3.49. The summed E-state index contributed by atoms with van der Waals surface area (Å²) in [7, 11) is 0. The van der Waals surface area contributed by atoms with Crippen LogP contribution in [0, 0.1) is 11.8 Å². The number of anilines is 1. The van der Waals surface area contributed by atoms with Crippen molar-refractivity contribution in [3.63, 3.8) is 0 Å². The van der Waals surface area contributed by atoms with Crippen molar-refractivity contribution in [3.05, 3.63) is 59.8 Å². The number of aromatic carboxylic acids is 1. The molecule has 1 aliphatic carbocycles. The van der Waals surface area contributed by atoms with Crippen molar-refractivity contribution < 1.29 is 9.90 Å². The Hall–Kier alpha value is -2.36. The van der Waals surface area contributed by atoms with E-state index >= 15 is 0 Å². The topological polar surface area (TPSA) is 53.4 Å². The summed E-state index contributed by atoms with van der Waals surface area (Å²) in [6, 6.07) is 14.4. The molecule has 2 aromatic rings. The van der Waals surface area contributed by atoms with Gasteiger partial charge in [-0.3, -0.25) is 0 Å². The van der Waals surface area contributed by atoms with Crippen molar-refractivity contribution in [2.24, 2.45) is 11.8 Å². The van der Waals surface area contributed by atoms with Crippen molar-refractivity contribution in [1.82, 2.24) is 4.98 Å². The van der Waals surface area contributed by atoms with Crippen molar-refractivity contribution in [3.8, 4) is 0 Å².